The molecule has 1 N–H and O–H groups in total. The highest BCUT2D eigenvalue weighted by Gasteiger charge is 2.20. The van der Waals surface area contributed by atoms with Crippen LogP contribution in [0.25, 0.3) is 21.9 Å². The van der Waals surface area contributed by atoms with Crippen molar-refractivity contribution < 1.29 is 27.8 Å². The van der Waals surface area contributed by atoms with Crippen molar-refractivity contribution >= 4 is 33.5 Å². The number of benzene rings is 4. The molecular weight excluding hydrogens is 680 g/mol. The third-order valence-electron chi connectivity index (χ3n) is 9.47. The van der Waals surface area contributed by atoms with Crippen LogP contribution in [0, 0.1) is 17.6 Å². The zero-order valence-corrected chi connectivity index (χ0v) is 29.5. The molecule has 0 radical (unpaired) electrons. The maximum atomic E-state index is 15.5. The summed E-state index contributed by atoms with van der Waals surface area (Å²) in [4.78, 5) is 38.2. The number of para-hydroxylation sites is 2. The van der Waals surface area contributed by atoms with Crippen molar-refractivity contribution in [2.45, 2.75) is 32.7 Å². The number of halogens is 2. The number of amides is 1. The van der Waals surface area contributed by atoms with Crippen LogP contribution in [0.5, 0.6) is 23.0 Å². The molecular formula is C41H39F2N5O5. The monoisotopic (exact) mass is 719 g/mol. The van der Waals surface area contributed by atoms with E-state index in [0.29, 0.717) is 51.4 Å². The van der Waals surface area contributed by atoms with Gasteiger partial charge >= 0.3 is 0 Å². The Morgan fingerprint density at radius 1 is 0.906 bits per heavy atom. The summed E-state index contributed by atoms with van der Waals surface area (Å²) in [6, 6.07) is 21.8. The number of piperidine rings is 1. The molecule has 4 aromatic carbocycles. The van der Waals surface area contributed by atoms with E-state index in [1.165, 1.54) is 41.7 Å². The summed E-state index contributed by atoms with van der Waals surface area (Å²) >= 11 is 0. The van der Waals surface area contributed by atoms with E-state index >= 15 is 4.39 Å². The van der Waals surface area contributed by atoms with E-state index in [2.05, 4.69) is 27.1 Å². The van der Waals surface area contributed by atoms with E-state index in [0.717, 1.165) is 38.0 Å². The van der Waals surface area contributed by atoms with Gasteiger partial charge < -0.3 is 29.0 Å². The van der Waals surface area contributed by atoms with E-state index in [9.17, 15) is 14.0 Å². The Morgan fingerprint density at radius 2 is 1.70 bits per heavy atom. The Hall–Kier alpha value is -5.88. The van der Waals surface area contributed by atoms with E-state index in [4.69, 9.17) is 14.2 Å². The van der Waals surface area contributed by atoms with Gasteiger partial charge in [-0.05, 0) is 92.4 Å². The van der Waals surface area contributed by atoms with Gasteiger partial charge in [0.1, 0.15) is 11.6 Å². The summed E-state index contributed by atoms with van der Waals surface area (Å²) in [5, 5.41) is 3.18. The fraction of sp³-hybridized carbons (Fsp3) is 0.268. The Bertz CT molecular complexity index is 2320. The number of likely N-dealkylation sites (tertiary alicyclic amines) is 1. The number of carbonyl (C=O) groups is 1. The molecule has 1 fully saturated rings. The number of ether oxygens (including phenoxy) is 3. The second-order valence-corrected chi connectivity index (χ2v) is 13.2. The molecule has 0 spiro atoms. The predicted molar refractivity (Wildman–Crippen MR) is 199 cm³/mol. The van der Waals surface area contributed by atoms with Crippen LogP contribution < -0.4 is 25.1 Å². The summed E-state index contributed by atoms with van der Waals surface area (Å²) in [5.74, 6) is 0.145. The van der Waals surface area contributed by atoms with Crippen LogP contribution in [0.15, 0.2) is 95.9 Å². The largest absolute Gasteiger partial charge is 0.493 e. The number of fused-ring (bicyclic) bond motifs is 2. The van der Waals surface area contributed by atoms with Crippen molar-refractivity contribution in [3.8, 4) is 23.0 Å². The van der Waals surface area contributed by atoms with Gasteiger partial charge in [-0.2, -0.15) is 0 Å². The summed E-state index contributed by atoms with van der Waals surface area (Å²) in [6.07, 6.45) is 4.91. The number of carbonyl (C=O) groups excluding carboxylic acids is 1. The normalized spacial score (nSPS) is 13.7. The Balaban J connectivity index is 1.06. The third-order valence-corrected chi connectivity index (χ3v) is 9.47. The smallest absolute Gasteiger partial charge is 0.283 e. The summed E-state index contributed by atoms with van der Waals surface area (Å²) in [6.45, 7) is 6.14. The van der Waals surface area contributed by atoms with E-state index < -0.39 is 23.1 Å². The number of rotatable bonds is 12. The highest BCUT2D eigenvalue weighted by atomic mass is 19.1. The molecule has 10 nitrogen and oxygen atoms in total. The standard InChI is InChI=1S/C41H39F2N5O5/c1-26-15-19-47(20-16-26)18-5-21-52-38-24-33-30(23-37(38)51-2)35(14-17-44-33)53-36-13-12-29(22-31(36)43)45-40(49)39-41(50)48(25-27-8-10-28(42)11-9-27)34-7-4-3-6-32(34)46-39/h3-4,6-14,17,22-24,26H,5,15-16,18-21,25H2,1-2H3,(H,45,49). The second-order valence-electron chi connectivity index (χ2n) is 13.2. The molecule has 0 saturated carbocycles. The SMILES string of the molecule is COc1cc2c(Oc3ccc(NC(=O)c4nc5ccccc5n(Cc5ccc(F)cc5)c4=O)cc3F)ccnc2cc1OCCCN1CCC(C)CC1. The lowest BCUT2D eigenvalue weighted by atomic mass is 9.99. The molecule has 1 saturated heterocycles. The first-order chi connectivity index (χ1) is 25.7. The van der Waals surface area contributed by atoms with Crippen molar-refractivity contribution in [3.63, 3.8) is 0 Å². The lowest BCUT2D eigenvalue weighted by Crippen LogP contribution is -2.34. The second kappa shape index (κ2) is 15.8. The average molecular weight is 720 g/mol. The van der Waals surface area contributed by atoms with Gasteiger partial charge in [-0.3, -0.25) is 14.6 Å². The van der Waals surface area contributed by atoms with Gasteiger partial charge in [0.05, 0.1) is 36.8 Å². The number of anilines is 1. The van der Waals surface area contributed by atoms with Crippen LogP contribution in [0.2, 0.25) is 0 Å². The molecule has 1 aliphatic rings. The van der Waals surface area contributed by atoms with Crippen LogP contribution in [0.1, 0.15) is 42.2 Å². The van der Waals surface area contributed by atoms with Gasteiger partial charge in [0.25, 0.3) is 11.5 Å². The van der Waals surface area contributed by atoms with Crippen LogP contribution in [-0.4, -0.2) is 58.7 Å². The molecule has 2 aromatic heterocycles. The fourth-order valence-corrected chi connectivity index (χ4v) is 6.49. The number of nitrogens with zero attached hydrogens (tertiary/aromatic N) is 4. The first-order valence-corrected chi connectivity index (χ1v) is 17.6. The zero-order valence-electron chi connectivity index (χ0n) is 29.5. The molecule has 6 aromatic rings. The van der Waals surface area contributed by atoms with Crippen molar-refractivity contribution in [3.05, 3.63) is 124 Å². The summed E-state index contributed by atoms with van der Waals surface area (Å²) in [5.41, 5.74) is 1.25. The van der Waals surface area contributed by atoms with Crippen LogP contribution in [0.4, 0.5) is 14.5 Å². The molecule has 53 heavy (non-hydrogen) atoms. The van der Waals surface area contributed by atoms with E-state index in [1.807, 2.05) is 0 Å². The van der Waals surface area contributed by atoms with Gasteiger partial charge in [-0.1, -0.05) is 31.2 Å². The van der Waals surface area contributed by atoms with Gasteiger partial charge in [0.2, 0.25) is 0 Å². The molecule has 7 rings (SSSR count). The highest BCUT2D eigenvalue weighted by Crippen LogP contribution is 2.38. The lowest BCUT2D eigenvalue weighted by molar-refractivity contribution is 0.102. The summed E-state index contributed by atoms with van der Waals surface area (Å²) < 4.78 is 48.2. The topological polar surface area (TPSA) is 108 Å². The molecule has 272 valence electrons. The number of hydrogen-bond acceptors (Lipinski definition) is 8. The van der Waals surface area contributed by atoms with Crippen molar-refractivity contribution in [1.29, 1.82) is 0 Å². The highest BCUT2D eigenvalue weighted by molar-refractivity contribution is 6.03. The molecule has 0 bridgehead atoms. The zero-order chi connectivity index (χ0) is 36.9. The van der Waals surface area contributed by atoms with Crippen molar-refractivity contribution in [1.82, 2.24) is 19.4 Å². The Labute approximate surface area is 305 Å². The predicted octanol–water partition coefficient (Wildman–Crippen LogP) is 7.83. The third kappa shape index (κ3) is 8.12. The molecule has 0 atom stereocenters. The molecule has 1 aliphatic heterocycles. The molecule has 1 amide bonds. The molecule has 12 heteroatoms. The Kier molecular flexibility index (Phi) is 10.6. The Morgan fingerprint density at radius 3 is 2.47 bits per heavy atom. The van der Waals surface area contributed by atoms with Crippen molar-refractivity contribution in [2.75, 3.05) is 38.7 Å². The van der Waals surface area contributed by atoms with Gasteiger partial charge in [0, 0.05) is 35.9 Å². The number of pyridine rings is 1. The average Bonchev–Trinajstić information content (AvgIpc) is 3.16. The van der Waals surface area contributed by atoms with E-state index in [-0.39, 0.29) is 23.7 Å². The lowest BCUT2D eigenvalue weighted by Gasteiger charge is -2.30. The van der Waals surface area contributed by atoms with Gasteiger partial charge in [0.15, 0.2) is 28.8 Å². The fourth-order valence-electron chi connectivity index (χ4n) is 6.49. The minimum atomic E-state index is -0.812. The number of aromatic nitrogens is 3. The summed E-state index contributed by atoms with van der Waals surface area (Å²) in [7, 11) is 1.56. The minimum Gasteiger partial charge on any atom is -0.493 e. The van der Waals surface area contributed by atoms with Crippen LogP contribution in [0.3, 0.4) is 0 Å². The number of hydrogen-bond donors (Lipinski definition) is 1. The van der Waals surface area contributed by atoms with Crippen LogP contribution >= 0.6 is 0 Å². The van der Waals surface area contributed by atoms with Gasteiger partial charge in [-0.15, -0.1) is 0 Å². The first kappa shape index (κ1) is 35.5. The minimum absolute atomic E-state index is 0.0886. The first-order valence-electron chi connectivity index (χ1n) is 17.6. The molecule has 3 heterocycles. The quantitative estimate of drug-likeness (QED) is 0.128. The van der Waals surface area contributed by atoms with E-state index in [1.54, 1.807) is 67.9 Å². The van der Waals surface area contributed by atoms with Crippen molar-refractivity contribution in [2.24, 2.45) is 5.92 Å². The molecule has 0 unspecified atom stereocenters. The van der Waals surface area contributed by atoms with Gasteiger partial charge in [-0.25, -0.2) is 13.8 Å². The maximum Gasteiger partial charge on any atom is 0.283 e. The number of methoxy groups -OCH3 is 1. The number of nitrogens with one attached hydrogen (secondary N) is 1. The van der Waals surface area contributed by atoms with Crippen LogP contribution in [-0.2, 0) is 6.54 Å². The maximum absolute atomic E-state index is 15.5. The molecule has 0 aliphatic carbocycles.